The quantitative estimate of drug-likeness (QED) is 0.207. The molecule has 7 nitrogen and oxygen atoms in total. The van der Waals surface area contributed by atoms with Crippen molar-refractivity contribution in [2.75, 3.05) is 6.61 Å². The van der Waals surface area contributed by atoms with Crippen LogP contribution in [0.4, 0.5) is 0 Å². The fraction of sp³-hybridized carbons (Fsp3) is 0.206. The van der Waals surface area contributed by atoms with Gasteiger partial charge in [-0.25, -0.2) is 0 Å². The van der Waals surface area contributed by atoms with Crippen molar-refractivity contribution in [1.82, 2.24) is 14.9 Å². The summed E-state index contributed by atoms with van der Waals surface area (Å²) < 4.78 is 8.65. The van der Waals surface area contributed by atoms with E-state index in [1.54, 1.807) is 18.2 Å². The molecule has 6 rings (SSSR count). The molecule has 0 saturated carbocycles. The molecular weight excluding hydrogens is 623 g/mol. The predicted molar refractivity (Wildman–Crippen MR) is 171 cm³/mol. The Hall–Kier alpha value is -4.06. The number of nitrogens with two attached hydrogens (primary N) is 1. The zero-order chi connectivity index (χ0) is 29.8. The number of carbonyl (C=O) groups is 2. The number of halogens is 1. The number of para-hydroxylation sites is 1. The van der Waals surface area contributed by atoms with Gasteiger partial charge in [-0.05, 0) is 0 Å². The van der Waals surface area contributed by atoms with Crippen LogP contribution in [-0.2, 0) is 23.0 Å². The Labute approximate surface area is 262 Å². The molecule has 0 fully saturated rings. The number of fused-ring (bicyclic) bond motifs is 2. The molecule has 5 aromatic rings. The van der Waals surface area contributed by atoms with Crippen LogP contribution in [0.5, 0.6) is 5.75 Å². The molecule has 0 spiro atoms. The molecule has 0 radical (unpaired) electrons. The van der Waals surface area contributed by atoms with E-state index in [1.807, 2.05) is 30.7 Å². The van der Waals surface area contributed by atoms with Gasteiger partial charge in [0.2, 0.25) is 0 Å². The summed E-state index contributed by atoms with van der Waals surface area (Å²) in [5.41, 5.74) is 10.5. The van der Waals surface area contributed by atoms with Crippen LogP contribution >= 0.6 is 11.6 Å². The van der Waals surface area contributed by atoms with Gasteiger partial charge in [0.25, 0.3) is 0 Å². The van der Waals surface area contributed by atoms with Gasteiger partial charge in [0.15, 0.2) is 0 Å². The topological polar surface area (TPSA) is 99.2 Å². The monoisotopic (exact) mass is 654 g/mol. The second-order valence-electron chi connectivity index (χ2n) is 10.7. The molecule has 218 valence electrons. The summed E-state index contributed by atoms with van der Waals surface area (Å²) >= 11 is 5.51. The number of hydrogen-bond donors (Lipinski definition) is 2. The third-order valence-electron chi connectivity index (χ3n) is 7.82. The number of imidazole rings is 1. The Bertz CT molecular complexity index is 1770. The molecule has 43 heavy (non-hydrogen) atoms. The number of nitrogens with one attached hydrogen (secondary N) is 1. The first-order chi connectivity index (χ1) is 20.9. The van der Waals surface area contributed by atoms with Crippen LogP contribution in [0, 0.1) is 0 Å². The van der Waals surface area contributed by atoms with Gasteiger partial charge < -0.3 is 0 Å². The number of primary amides is 1. The normalized spacial score (nSPS) is 15.2. The summed E-state index contributed by atoms with van der Waals surface area (Å²) in [5, 5.41) is 6.88. The Kier molecular flexibility index (Phi) is 8.82. The minimum atomic E-state index is -0.861. The second-order valence-corrected chi connectivity index (χ2v) is 14.2. The zero-order valence-electron chi connectivity index (χ0n) is 23.5. The van der Waals surface area contributed by atoms with E-state index in [-0.39, 0.29) is 12.3 Å². The molecule has 3 unspecified atom stereocenters. The molecule has 3 N–H and O–H groups in total. The van der Waals surface area contributed by atoms with Crippen molar-refractivity contribution in [3.05, 3.63) is 130 Å². The molecule has 4 aromatic carbocycles. The second kappa shape index (κ2) is 13.1. The van der Waals surface area contributed by atoms with E-state index < -0.39 is 27.7 Å². The maximum atomic E-state index is 13.4. The van der Waals surface area contributed by atoms with Gasteiger partial charge in [0.1, 0.15) is 0 Å². The number of nitrogens with zero attached hydrogens (tertiary/aromatic N) is 2. The first kappa shape index (κ1) is 29.0. The van der Waals surface area contributed by atoms with Crippen LogP contribution in [-0.4, -0.2) is 49.8 Å². The fourth-order valence-corrected chi connectivity index (χ4v) is 8.84. The third-order valence-corrected chi connectivity index (χ3v) is 11.5. The van der Waals surface area contributed by atoms with E-state index in [4.69, 9.17) is 22.1 Å². The van der Waals surface area contributed by atoms with E-state index in [1.165, 1.54) is 22.0 Å². The average Bonchev–Trinajstić information content (AvgIpc) is 3.46. The van der Waals surface area contributed by atoms with Gasteiger partial charge in [-0.3, -0.25) is 0 Å². The van der Waals surface area contributed by atoms with Crippen molar-refractivity contribution in [1.29, 1.82) is 0 Å². The van der Waals surface area contributed by atoms with Crippen molar-refractivity contribution in [3.63, 3.8) is 0 Å². The predicted octanol–water partition coefficient (Wildman–Crippen LogP) is 5.02. The number of carbonyl (C=O) groups excluding carboxylic acids is 2. The Morgan fingerprint density at radius 2 is 1.81 bits per heavy atom. The number of benzene rings is 4. The standard InChI is InChI=1S/C34H32AsClN4O3/c36-26-12-9-22(10-13-26)17-31(33(37)41)39-34(42)29-7-3-6-28-30(14-15-43-32(28)29)35-18-27-19-38-21-40(27)20-23-8-11-24-4-1-2-5-25(24)16-23/h1-13,16,19,21,30-31,35H,14-15,17-18,20H2,(H2,37,41)(H,39,42). The Balaban J connectivity index is 1.14. The van der Waals surface area contributed by atoms with Crippen LogP contribution in [0.15, 0.2) is 97.5 Å². The van der Waals surface area contributed by atoms with Gasteiger partial charge in [-0.15, -0.1) is 0 Å². The fourth-order valence-electron chi connectivity index (χ4n) is 5.53. The number of aromatic nitrogens is 2. The summed E-state index contributed by atoms with van der Waals surface area (Å²) in [6, 6.07) is 27.0. The summed E-state index contributed by atoms with van der Waals surface area (Å²) in [4.78, 5) is 30.1. The summed E-state index contributed by atoms with van der Waals surface area (Å²) in [6.45, 7) is 1.32. The average molecular weight is 655 g/mol. The maximum absolute atomic E-state index is 13.4. The van der Waals surface area contributed by atoms with E-state index in [0.29, 0.717) is 27.6 Å². The third kappa shape index (κ3) is 6.79. The molecule has 0 aliphatic carbocycles. The van der Waals surface area contributed by atoms with E-state index in [2.05, 4.69) is 63.4 Å². The molecule has 2 heterocycles. The number of rotatable bonds is 10. The van der Waals surface area contributed by atoms with Crippen LogP contribution in [0.1, 0.15) is 43.9 Å². The molecule has 3 atom stereocenters. The Morgan fingerprint density at radius 3 is 2.63 bits per heavy atom. The minimum absolute atomic E-state index is 0.274. The first-order valence-electron chi connectivity index (χ1n) is 14.2. The number of hydrogen-bond acceptors (Lipinski definition) is 4. The van der Waals surface area contributed by atoms with Gasteiger partial charge in [0, 0.05) is 0 Å². The summed E-state index contributed by atoms with van der Waals surface area (Å²) in [5.74, 6) is -0.359. The van der Waals surface area contributed by atoms with Gasteiger partial charge >= 0.3 is 251 Å². The van der Waals surface area contributed by atoms with Gasteiger partial charge in [0.05, 0.1) is 0 Å². The molecule has 1 aliphatic heterocycles. The van der Waals surface area contributed by atoms with Gasteiger partial charge in [-0.2, -0.15) is 0 Å². The number of ether oxygens (including phenoxy) is 1. The van der Waals surface area contributed by atoms with Crippen LogP contribution in [0.3, 0.4) is 0 Å². The molecule has 1 aliphatic rings. The molecule has 0 bridgehead atoms. The number of amides is 2. The van der Waals surface area contributed by atoms with Crippen LogP contribution < -0.4 is 15.8 Å². The van der Waals surface area contributed by atoms with Crippen molar-refractivity contribution in [2.24, 2.45) is 5.73 Å². The van der Waals surface area contributed by atoms with Crippen molar-refractivity contribution < 1.29 is 14.3 Å². The van der Waals surface area contributed by atoms with Crippen LogP contribution in [0.25, 0.3) is 10.8 Å². The molecule has 0 saturated heterocycles. The van der Waals surface area contributed by atoms with E-state index in [0.717, 1.165) is 29.3 Å². The molecule has 9 heteroatoms. The zero-order valence-corrected chi connectivity index (χ0v) is 26.4. The van der Waals surface area contributed by atoms with Crippen molar-refractivity contribution in [2.45, 2.75) is 35.3 Å². The molecular formula is C34H32AsClN4O3. The van der Waals surface area contributed by atoms with E-state index in [9.17, 15) is 9.59 Å². The Morgan fingerprint density at radius 1 is 1.02 bits per heavy atom. The molecule has 2 amide bonds. The van der Waals surface area contributed by atoms with Crippen LogP contribution in [0.2, 0.25) is 5.02 Å². The SMILES string of the molecule is NC(=O)C(Cc1ccc(Cl)cc1)NC(=O)c1cccc2c1OCCC2[AsH]Cc1cncn1Cc1ccc2ccccc2c1. The van der Waals surface area contributed by atoms with Gasteiger partial charge in [-0.1, -0.05) is 11.6 Å². The van der Waals surface area contributed by atoms with E-state index >= 15 is 0 Å². The first-order valence-corrected chi connectivity index (χ1v) is 17.3. The van der Waals surface area contributed by atoms with Crippen molar-refractivity contribution >= 4 is 49.9 Å². The summed E-state index contributed by atoms with van der Waals surface area (Å²) in [7, 11) is 0. The molecule has 1 aromatic heterocycles. The van der Waals surface area contributed by atoms with Crippen molar-refractivity contribution in [3.8, 4) is 5.75 Å². The summed E-state index contributed by atoms with van der Waals surface area (Å²) in [6.07, 6.45) is 5.07.